The molecule has 1 aromatic rings. The normalized spacial score (nSPS) is 16.2. The van der Waals surface area contributed by atoms with Gasteiger partial charge in [0.2, 0.25) is 5.90 Å². The standard InChI is InChI=1S/C11H8F4N2O2/c1-17-8(18)5-19-10(16-17)6-3-2-4-7(9(6)12)11(13,14)15/h2-4H,5H2,1H3. The number of hydrogen-bond acceptors (Lipinski definition) is 3. The van der Waals surface area contributed by atoms with E-state index in [1.165, 1.54) is 7.05 Å². The van der Waals surface area contributed by atoms with Crippen molar-refractivity contribution in [1.29, 1.82) is 0 Å². The van der Waals surface area contributed by atoms with E-state index in [0.29, 0.717) is 6.07 Å². The molecule has 1 aliphatic rings. The zero-order valence-electron chi connectivity index (χ0n) is 9.66. The first-order valence-corrected chi connectivity index (χ1v) is 5.14. The van der Waals surface area contributed by atoms with Crippen molar-refractivity contribution < 1.29 is 27.1 Å². The second kappa shape index (κ2) is 4.52. The molecule has 0 spiro atoms. The topological polar surface area (TPSA) is 41.9 Å². The number of hydrogen-bond donors (Lipinski definition) is 0. The molecule has 0 saturated carbocycles. The Kier molecular flexibility index (Phi) is 3.17. The fraction of sp³-hybridized carbons (Fsp3) is 0.273. The number of hydrazone groups is 1. The second-order valence-corrected chi connectivity index (χ2v) is 3.78. The summed E-state index contributed by atoms with van der Waals surface area (Å²) in [6.07, 6.45) is -4.81. The summed E-state index contributed by atoms with van der Waals surface area (Å²) in [4.78, 5) is 11.1. The maximum absolute atomic E-state index is 13.8. The monoisotopic (exact) mass is 276 g/mol. The van der Waals surface area contributed by atoms with Crippen molar-refractivity contribution in [2.24, 2.45) is 5.10 Å². The first-order chi connectivity index (χ1) is 8.80. The highest BCUT2D eigenvalue weighted by atomic mass is 19.4. The summed E-state index contributed by atoms with van der Waals surface area (Å²) in [7, 11) is 1.30. The van der Waals surface area contributed by atoms with Gasteiger partial charge in [0.25, 0.3) is 5.91 Å². The second-order valence-electron chi connectivity index (χ2n) is 3.78. The summed E-state index contributed by atoms with van der Waals surface area (Å²) in [6, 6.07) is 2.77. The first-order valence-electron chi connectivity index (χ1n) is 5.14. The Bertz CT molecular complexity index is 554. The fourth-order valence-electron chi connectivity index (χ4n) is 1.49. The molecule has 0 saturated heterocycles. The molecule has 0 aliphatic carbocycles. The van der Waals surface area contributed by atoms with Crippen LogP contribution in [0.3, 0.4) is 0 Å². The molecule has 0 N–H and O–H groups in total. The van der Waals surface area contributed by atoms with Gasteiger partial charge in [0, 0.05) is 7.05 Å². The van der Waals surface area contributed by atoms with Gasteiger partial charge in [-0.25, -0.2) is 9.40 Å². The van der Waals surface area contributed by atoms with Crippen molar-refractivity contribution in [2.75, 3.05) is 13.7 Å². The van der Waals surface area contributed by atoms with Crippen LogP contribution in [-0.4, -0.2) is 30.5 Å². The van der Waals surface area contributed by atoms with Gasteiger partial charge < -0.3 is 4.74 Å². The lowest BCUT2D eigenvalue weighted by Crippen LogP contribution is -2.34. The quantitative estimate of drug-likeness (QED) is 0.736. The molecule has 1 aromatic carbocycles. The Labute approximate surface area is 105 Å². The lowest BCUT2D eigenvalue weighted by atomic mass is 10.1. The number of halogens is 4. The number of amides is 1. The minimum atomic E-state index is -4.81. The average Bonchev–Trinajstić information content (AvgIpc) is 2.32. The number of ether oxygens (including phenoxy) is 1. The van der Waals surface area contributed by atoms with E-state index in [2.05, 4.69) is 5.10 Å². The SMILES string of the molecule is CN1N=C(c2cccc(C(F)(F)F)c2F)OCC1=O. The van der Waals surface area contributed by atoms with Crippen LogP contribution in [0.25, 0.3) is 0 Å². The van der Waals surface area contributed by atoms with Crippen LogP contribution in [0.2, 0.25) is 0 Å². The lowest BCUT2D eigenvalue weighted by molar-refractivity contribution is -0.140. The molecule has 0 radical (unpaired) electrons. The number of alkyl halides is 3. The van der Waals surface area contributed by atoms with E-state index in [4.69, 9.17) is 4.74 Å². The summed E-state index contributed by atoms with van der Waals surface area (Å²) in [5.41, 5.74) is -1.84. The van der Waals surface area contributed by atoms with Crippen LogP contribution in [0.5, 0.6) is 0 Å². The summed E-state index contributed by atoms with van der Waals surface area (Å²) < 4.78 is 56.3. The van der Waals surface area contributed by atoms with Gasteiger partial charge in [-0.3, -0.25) is 4.79 Å². The maximum atomic E-state index is 13.8. The molecule has 0 aromatic heterocycles. The molecule has 1 heterocycles. The van der Waals surface area contributed by atoms with E-state index in [9.17, 15) is 22.4 Å². The van der Waals surface area contributed by atoms with Gasteiger partial charge in [0.05, 0.1) is 11.1 Å². The van der Waals surface area contributed by atoms with Gasteiger partial charge in [0.1, 0.15) is 5.82 Å². The van der Waals surface area contributed by atoms with E-state index in [1.54, 1.807) is 0 Å². The summed E-state index contributed by atoms with van der Waals surface area (Å²) in [6.45, 7) is -0.398. The molecule has 4 nitrogen and oxygen atoms in total. The minimum Gasteiger partial charge on any atom is -0.466 e. The number of carbonyl (C=O) groups is 1. The highest BCUT2D eigenvalue weighted by Gasteiger charge is 2.36. The van der Waals surface area contributed by atoms with Crippen molar-refractivity contribution in [3.8, 4) is 0 Å². The molecule has 1 amide bonds. The molecule has 0 unspecified atom stereocenters. The zero-order chi connectivity index (χ0) is 14.2. The molecule has 0 atom stereocenters. The third kappa shape index (κ3) is 2.51. The zero-order valence-corrected chi connectivity index (χ0v) is 9.66. The molecule has 8 heteroatoms. The summed E-state index contributed by atoms with van der Waals surface area (Å²) in [5, 5.41) is 4.48. The van der Waals surface area contributed by atoms with Crippen molar-refractivity contribution in [3.63, 3.8) is 0 Å². The molecule has 19 heavy (non-hydrogen) atoms. The summed E-state index contributed by atoms with van der Waals surface area (Å²) >= 11 is 0. The van der Waals surface area contributed by atoms with Gasteiger partial charge in [-0.2, -0.15) is 13.2 Å². The first kappa shape index (κ1) is 13.3. The van der Waals surface area contributed by atoms with E-state index in [-0.39, 0.29) is 5.90 Å². The predicted octanol–water partition coefficient (Wildman–Crippen LogP) is 1.99. The van der Waals surface area contributed by atoms with Crippen LogP contribution < -0.4 is 0 Å². The van der Waals surface area contributed by atoms with Crippen molar-refractivity contribution in [3.05, 3.63) is 35.1 Å². The highest BCUT2D eigenvalue weighted by molar-refractivity contribution is 5.98. The van der Waals surface area contributed by atoms with Gasteiger partial charge in [-0.1, -0.05) is 6.07 Å². The fourth-order valence-corrected chi connectivity index (χ4v) is 1.49. The van der Waals surface area contributed by atoms with Crippen LogP contribution in [0.1, 0.15) is 11.1 Å². The molecule has 0 fully saturated rings. The number of rotatable bonds is 1. The average molecular weight is 276 g/mol. The van der Waals surface area contributed by atoms with E-state index in [0.717, 1.165) is 17.1 Å². The Morgan fingerprint density at radius 1 is 1.37 bits per heavy atom. The Hall–Kier alpha value is -2.12. The number of likely N-dealkylation sites (N-methyl/N-ethyl adjacent to an activating group) is 1. The number of nitrogens with zero attached hydrogens (tertiary/aromatic N) is 2. The molecule has 2 rings (SSSR count). The largest absolute Gasteiger partial charge is 0.466 e. The molecule has 0 bridgehead atoms. The Morgan fingerprint density at radius 3 is 2.63 bits per heavy atom. The van der Waals surface area contributed by atoms with Crippen LogP contribution in [-0.2, 0) is 15.7 Å². The lowest BCUT2D eigenvalue weighted by Gasteiger charge is -2.21. The third-order valence-corrected chi connectivity index (χ3v) is 2.47. The smallest absolute Gasteiger partial charge is 0.419 e. The summed E-state index contributed by atoms with van der Waals surface area (Å²) in [5.74, 6) is -2.31. The van der Waals surface area contributed by atoms with Crippen LogP contribution >= 0.6 is 0 Å². The Balaban J connectivity index is 2.47. The van der Waals surface area contributed by atoms with Crippen molar-refractivity contribution in [1.82, 2.24) is 5.01 Å². The van der Waals surface area contributed by atoms with Crippen LogP contribution in [0.15, 0.2) is 23.3 Å². The third-order valence-electron chi connectivity index (χ3n) is 2.47. The molecule has 102 valence electrons. The van der Waals surface area contributed by atoms with Gasteiger partial charge >= 0.3 is 6.18 Å². The van der Waals surface area contributed by atoms with Gasteiger partial charge in [0.15, 0.2) is 6.61 Å². The minimum absolute atomic E-state index is 0.356. The van der Waals surface area contributed by atoms with Gasteiger partial charge in [-0.15, -0.1) is 5.10 Å². The number of carbonyl (C=O) groups excluding carboxylic acids is 1. The van der Waals surface area contributed by atoms with E-state index < -0.39 is 35.6 Å². The van der Waals surface area contributed by atoms with Crippen LogP contribution in [0.4, 0.5) is 17.6 Å². The molecular weight excluding hydrogens is 268 g/mol. The highest BCUT2D eigenvalue weighted by Crippen LogP contribution is 2.32. The van der Waals surface area contributed by atoms with E-state index in [1.807, 2.05) is 0 Å². The van der Waals surface area contributed by atoms with E-state index >= 15 is 0 Å². The van der Waals surface area contributed by atoms with Crippen molar-refractivity contribution >= 4 is 11.8 Å². The molecular formula is C11H8F4N2O2. The predicted molar refractivity (Wildman–Crippen MR) is 56.7 cm³/mol. The van der Waals surface area contributed by atoms with Gasteiger partial charge in [-0.05, 0) is 12.1 Å². The van der Waals surface area contributed by atoms with Crippen molar-refractivity contribution in [2.45, 2.75) is 6.18 Å². The Morgan fingerprint density at radius 2 is 2.05 bits per heavy atom. The maximum Gasteiger partial charge on any atom is 0.419 e. The molecule has 1 aliphatic heterocycles. The number of benzene rings is 1. The van der Waals surface area contributed by atoms with Crippen LogP contribution in [0, 0.1) is 5.82 Å².